The van der Waals surface area contributed by atoms with Gasteiger partial charge in [0.05, 0.1) is 5.56 Å². The summed E-state index contributed by atoms with van der Waals surface area (Å²) in [7, 11) is 0. The number of fused-ring (bicyclic) bond motifs is 2. The van der Waals surface area contributed by atoms with Crippen LogP contribution in [0.4, 0.5) is 0 Å². The minimum atomic E-state index is -1.28. The Morgan fingerprint density at radius 1 is 0.833 bits per heavy atom. The summed E-state index contributed by atoms with van der Waals surface area (Å²) in [4.78, 5) is 43.4. The van der Waals surface area contributed by atoms with E-state index in [9.17, 15) is 29.7 Å². The fourth-order valence-corrected chi connectivity index (χ4v) is 2.14. The number of phenols is 4. The maximum absolute atomic E-state index is 11.8. The van der Waals surface area contributed by atoms with Gasteiger partial charge in [-0.25, -0.2) is 19.4 Å². The van der Waals surface area contributed by atoms with Crippen molar-refractivity contribution in [2.24, 2.45) is 0 Å². The zero-order chi connectivity index (χ0) is 17.6. The molecule has 2 aromatic carbocycles. The monoisotopic (exact) mass is 332 g/mol. The van der Waals surface area contributed by atoms with E-state index in [0.29, 0.717) is 0 Å². The third kappa shape index (κ3) is 2.15. The lowest BCUT2D eigenvalue weighted by atomic mass is 9.85. The molecule has 4 N–H and O–H groups in total. The van der Waals surface area contributed by atoms with E-state index in [1.807, 2.05) is 0 Å². The lowest BCUT2D eigenvalue weighted by Gasteiger charge is -2.20. The molecule has 2 bridgehead atoms. The number of carbonyl (C=O) groups excluding carboxylic acids is 3. The van der Waals surface area contributed by atoms with E-state index in [2.05, 4.69) is 9.78 Å². The molecule has 0 saturated carbocycles. The van der Waals surface area contributed by atoms with Gasteiger partial charge >= 0.3 is 11.9 Å². The Morgan fingerprint density at radius 2 is 1.46 bits per heavy atom. The highest BCUT2D eigenvalue weighted by atomic mass is 17.2. The zero-order valence-corrected chi connectivity index (χ0v) is 11.6. The van der Waals surface area contributed by atoms with Gasteiger partial charge in [0.1, 0.15) is 39.7 Å². The van der Waals surface area contributed by atoms with Gasteiger partial charge < -0.3 is 20.4 Å². The highest BCUT2D eigenvalue weighted by molar-refractivity contribution is 6.25. The summed E-state index contributed by atoms with van der Waals surface area (Å²) in [5.74, 6) is -5.24. The van der Waals surface area contributed by atoms with Crippen molar-refractivity contribution in [3.8, 4) is 23.0 Å². The average molecular weight is 332 g/mol. The highest BCUT2D eigenvalue weighted by Crippen LogP contribution is 2.44. The van der Waals surface area contributed by atoms with Crippen molar-refractivity contribution in [3.63, 3.8) is 0 Å². The predicted octanol–water partition coefficient (Wildman–Crippen LogP) is 0.982. The number of hydrogen-bond acceptors (Lipinski definition) is 9. The maximum atomic E-state index is 11.8. The molecule has 9 heteroatoms. The van der Waals surface area contributed by atoms with Gasteiger partial charge in [-0.2, -0.15) is 0 Å². The Morgan fingerprint density at radius 3 is 2.00 bits per heavy atom. The number of rotatable bonds is 2. The molecule has 122 valence electrons. The molecule has 0 spiro atoms. The van der Waals surface area contributed by atoms with Crippen LogP contribution in [0.25, 0.3) is 0 Å². The van der Waals surface area contributed by atoms with Crippen LogP contribution in [-0.4, -0.2) is 38.1 Å². The van der Waals surface area contributed by atoms with Gasteiger partial charge in [0, 0.05) is 6.07 Å². The Balaban J connectivity index is 1.73. The molecule has 0 heterocycles. The van der Waals surface area contributed by atoms with Gasteiger partial charge in [0.15, 0.2) is 0 Å². The molecule has 9 nitrogen and oxygen atoms in total. The third-order valence-electron chi connectivity index (χ3n) is 3.36. The summed E-state index contributed by atoms with van der Waals surface area (Å²) in [6.07, 6.45) is 0. The molecule has 0 radical (unpaired) electrons. The highest BCUT2D eigenvalue weighted by Gasteiger charge is 2.38. The van der Waals surface area contributed by atoms with E-state index in [1.54, 1.807) is 0 Å². The topological polar surface area (TPSA) is 151 Å². The standard InChI is InChI=1S/C15H8O9/c16-5-1-2-6(9(17)3-5)14(21)23-24-15(22)8-4-7-11(18)10(12(7)19)13(8)20/h1-4,16-18,20H. The summed E-state index contributed by atoms with van der Waals surface area (Å²) in [6, 6.07) is 3.92. The average Bonchev–Trinajstić information content (AvgIpc) is 2.52. The first-order valence-corrected chi connectivity index (χ1v) is 6.40. The van der Waals surface area contributed by atoms with Gasteiger partial charge in [-0.3, -0.25) is 4.79 Å². The number of hydrogen-bond donors (Lipinski definition) is 4. The molecule has 2 aromatic rings. The number of carbonyl (C=O) groups is 3. The number of benzene rings is 2. The summed E-state index contributed by atoms with van der Waals surface area (Å²) >= 11 is 0. The second kappa shape index (κ2) is 5.16. The Bertz CT molecular complexity index is 914. The first kappa shape index (κ1) is 15.2. The molecular formula is C15H8O9. The van der Waals surface area contributed by atoms with Crippen LogP contribution in [0.5, 0.6) is 23.0 Å². The second-order valence-electron chi connectivity index (χ2n) is 4.82. The van der Waals surface area contributed by atoms with E-state index >= 15 is 0 Å². The quantitative estimate of drug-likeness (QED) is 0.397. The maximum Gasteiger partial charge on any atom is 0.390 e. The van der Waals surface area contributed by atoms with Crippen LogP contribution in [0.3, 0.4) is 0 Å². The van der Waals surface area contributed by atoms with Gasteiger partial charge in [-0.05, 0) is 18.2 Å². The molecule has 0 saturated heterocycles. The van der Waals surface area contributed by atoms with Gasteiger partial charge in [-0.15, -0.1) is 0 Å². The van der Waals surface area contributed by atoms with Crippen LogP contribution in [-0.2, 0) is 9.78 Å². The minimum absolute atomic E-state index is 0.169. The molecule has 0 unspecified atom stereocenters. The Hall–Kier alpha value is -3.75. The number of aromatic hydroxyl groups is 4. The van der Waals surface area contributed by atoms with Gasteiger partial charge in [0.2, 0.25) is 5.78 Å². The van der Waals surface area contributed by atoms with Crippen LogP contribution in [0.15, 0.2) is 24.3 Å². The second-order valence-corrected chi connectivity index (χ2v) is 4.82. The van der Waals surface area contributed by atoms with Crippen LogP contribution in [0.1, 0.15) is 36.6 Å². The van der Waals surface area contributed by atoms with Crippen molar-refractivity contribution < 1.29 is 44.6 Å². The zero-order valence-electron chi connectivity index (χ0n) is 11.6. The molecule has 0 aliphatic heterocycles. The molecule has 0 atom stereocenters. The van der Waals surface area contributed by atoms with Crippen LogP contribution in [0.2, 0.25) is 0 Å². The van der Waals surface area contributed by atoms with E-state index in [1.165, 1.54) is 0 Å². The van der Waals surface area contributed by atoms with Crippen LogP contribution in [0, 0.1) is 0 Å². The molecule has 2 aliphatic carbocycles. The summed E-state index contributed by atoms with van der Waals surface area (Å²) in [5, 5.41) is 37.7. The molecule has 0 amide bonds. The largest absolute Gasteiger partial charge is 0.508 e. The Kier molecular flexibility index (Phi) is 3.26. The van der Waals surface area contributed by atoms with Crippen molar-refractivity contribution in [2.75, 3.05) is 0 Å². The number of phenolic OH excluding ortho intramolecular Hbond substituents is 4. The third-order valence-corrected chi connectivity index (χ3v) is 3.36. The predicted molar refractivity (Wildman–Crippen MR) is 73.8 cm³/mol. The summed E-state index contributed by atoms with van der Waals surface area (Å²) in [6.45, 7) is 0. The minimum Gasteiger partial charge on any atom is -0.508 e. The smallest absolute Gasteiger partial charge is 0.390 e. The van der Waals surface area contributed by atoms with Crippen molar-refractivity contribution in [1.82, 2.24) is 0 Å². The van der Waals surface area contributed by atoms with Gasteiger partial charge in [0.25, 0.3) is 0 Å². The van der Waals surface area contributed by atoms with Crippen LogP contribution < -0.4 is 0 Å². The molecule has 2 aliphatic rings. The molecule has 24 heavy (non-hydrogen) atoms. The van der Waals surface area contributed by atoms with Crippen molar-refractivity contribution >= 4 is 17.7 Å². The molecule has 4 rings (SSSR count). The first-order valence-electron chi connectivity index (χ1n) is 6.40. The van der Waals surface area contributed by atoms with Crippen LogP contribution >= 0.6 is 0 Å². The first-order chi connectivity index (χ1) is 11.3. The van der Waals surface area contributed by atoms with E-state index in [-0.39, 0.29) is 16.9 Å². The lowest BCUT2D eigenvalue weighted by molar-refractivity contribution is -0.187. The summed E-state index contributed by atoms with van der Waals surface area (Å²) in [5.41, 5.74) is -1.43. The fourth-order valence-electron chi connectivity index (χ4n) is 2.14. The Labute approximate surface area is 132 Å². The fraction of sp³-hybridized carbons (Fsp3) is 0. The SMILES string of the molecule is O=C(OOC(=O)c1cc2c(O)c(c1O)C2=O)c1ccc(O)cc1O. The molecular weight excluding hydrogens is 324 g/mol. The molecule has 0 aromatic heterocycles. The van der Waals surface area contributed by atoms with E-state index < -0.39 is 46.1 Å². The van der Waals surface area contributed by atoms with Crippen molar-refractivity contribution in [1.29, 1.82) is 0 Å². The normalized spacial score (nSPS) is 11.6. The van der Waals surface area contributed by atoms with E-state index in [0.717, 1.165) is 24.3 Å². The van der Waals surface area contributed by atoms with Crippen molar-refractivity contribution in [3.05, 3.63) is 46.5 Å². The summed E-state index contributed by atoms with van der Waals surface area (Å²) < 4.78 is 0. The molecule has 0 fully saturated rings. The van der Waals surface area contributed by atoms with Crippen molar-refractivity contribution in [2.45, 2.75) is 0 Å². The van der Waals surface area contributed by atoms with Gasteiger partial charge in [-0.1, -0.05) is 0 Å². The number of ketones is 1. The lowest BCUT2D eigenvalue weighted by Crippen LogP contribution is -2.19. The van der Waals surface area contributed by atoms with E-state index in [4.69, 9.17) is 5.11 Å².